The number of hydrogen-bond acceptors (Lipinski definition) is 4. The number of nitrogens with two attached hydrogens (primary N) is 1. The topological polar surface area (TPSA) is 98.3 Å². The number of unbranched alkanes of at least 4 members (excludes halogenated alkanes) is 1. The zero-order valence-corrected chi connectivity index (χ0v) is 11.2. The summed E-state index contributed by atoms with van der Waals surface area (Å²) in [7, 11) is 0. The van der Waals surface area contributed by atoms with Crippen molar-refractivity contribution < 1.29 is 9.72 Å². The van der Waals surface area contributed by atoms with Crippen molar-refractivity contribution in [2.45, 2.75) is 39.2 Å². The van der Waals surface area contributed by atoms with Crippen LogP contribution in [0.15, 0.2) is 18.2 Å². The van der Waals surface area contributed by atoms with Gasteiger partial charge in [0.1, 0.15) is 5.69 Å². The Morgan fingerprint density at radius 3 is 2.79 bits per heavy atom. The molecule has 1 aromatic carbocycles. The van der Waals surface area contributed by atoms with Gasteiger partial charge in [0, 0.05) is 12.1 Å². The summed E-state index contributed by atoms with van der Waals surface area (Å²) in [6.07, 6.45) is 2.95. The number of rotatable bonds is 6. The smallest absolute Gasteiger partial charge is 0.292 e. The van der Waals surface area contributed by atoms with Gasteiger partial charge in [-0.05, 0) is 19.4 Å². The Morgan fingerprint density at radius 2 is 2.21 bits per heavy atom. The van der Waals surface area contributed by atoms with E-state index in [1.54, 1.807) is 0 Å². The van der Waals surface area contributed by atoms with Crippen molar-refractivity contribution in [3.05, 3.63) is 33.9 Å². The van der Waals surface area contributed by atoms with Gasteiger partial charge in [-0.25, -0.2) is 0 Å². The summed E-state index contributed by atoms with van der Waals surface area (Å²) in [5.74, 6) is -0.371. The zero-order chi connectivity index (χ0) is 14.4. The van der Waals surface area contributed by atoms with Crippen LogP contribution < -0.4 is 11.1 Å². The monoisotopic (exact) mass is 265 g/mol. The first-order valence-corrected chi connectivity index (χ1v) is 6.31. The van der Waals surface area contributed by atoms with E-state index in [4.69, 9.17) is 5.73 Å². The fourth-order valence-electron chi connectivity index (χ4n) is 1.79. The average Bonchev–Trinajstić information content (AvgIpc) is 2.36. The molecule has 3 N–H and O–H groups in total. The van der Waals surface area contributed by atoms with Gasteiger partial charge in [0.15, 0.2) is 0 Å². The van der Waals surface area contributed by atoms with Crippen molar-refractivity contribution in [3.8, 4) is 0 Å². The van der Waals surface area contributed by atoms with Gasteiger partial charge in [0.25, 0.3) is 11.6 Å². The fourth-order valence-corrected chi connectivity index (χ4v) is 1.79. The van der Waals surface area contributed by atoms with Crippen molar-refractivity contribution in [2.24, 2.45) is 0 Å². The molecule has 19 heavy (non-hydrogen) atoms. The minimum Gasteiger partial charge on any atom is -0.393 e. The standard InChI is InChI=1S/C13H19N3O3/c1-3-4-6-9(2)15-13(17)10-7-5-8-11(12(10)14)16(18)19/h5,7-9H,3-4,6,14H2,1-2H3,(H,15,17). The summed E-state index contributed by atoms with van der Waals surface area (Å²) in [6, 6.07) is 4.25. The molecule has 0 aliphatic heterocycles. The number of nitrogens with zero attached hydrogens (tertiary/aromatic N) is 1. The number of nitro benzene ring substituents is 1. The molecule has 0 saturated carbocycles. The molecule has 0 fully saturated rings. The molecule has 1 aromatic rings. The number of hydrogen-bond donors (Lipinski definition) is 2. The highest BCUT2D eigenvalue weighted by Gasteiger charge is 2.19. The molecule has 0 radical (unpaired) electrons. The highest BCUT2D eigenvalue weighted by atomic mass is 16.6. The van der Waals surface area contributed by atoms with E-state index in [2.05, 4.69) is 12.2 Å². The first kappa shape index (κ1) is 14.9. The molecule has 6 heteroatoms. The third-order valence-electron chi connectivity index (χ3n) is 2.89. The summed E-state index contributed by atoms with van der Waals surface area (Å²) < 4.78 is 0. The van der Waals surface area contributed by atoms with Crippen LogP contribution in [0.2, 0.25) is 0 Å². The Labute approximate surface area is 112 Å². The minimum absolute atomic E-state index is 0.0195. The molecule has 0 aliphatic carbocycles. The van der Waals surface area contributed by atoms with Crippen LogP contribution in [0.5, 0.6) is 0 Å². The molecule has 0 aliphatic rings. The Bertz CT molecular complexity index is 474. The van der Waals surface area contributed by atoms with Crippen molar-refractivity contribution in [1.29, 1.82) is 0 Å². The summed E-state index contributed by atoms with van der Waals surface area (Å²) in [5, 5.41) is 13.6. The van der Waals surface area contributed by atoms with Crippen molar-refractivity contribution >= 4 is 17.3 Å². The lowest BCUT2D eigenvalue weighted by Crippen LogP contribution is -2.33. The molecule has 0 bridgehead atoms. The molecule has 0 saturated heterocycles. The number of carbonyl (C=O) groups is 1. The zero-order valence-electron chi connectivity index (χ0n) is 11.2. The predicted octanol–water partition coefficient (Wildman–Crippen LogP) is 2.49. The van der Waals surface area contributed by atoms with E-state index in [0.29, 0.717) is 0 Å². The van der Waals surface area contributed by atoms with Crippen LogP contribution in [0.1, 0.15) is 43.5 Å². The first-order chi connectivity index (χ1) is 8.97. The van der Waals surface area contributed by atoms with Crippen LogP contribution in [-0.2, 0) is 0 Å². The van der Waals surface area contributed by atoms with E-state index in [1.165, 1.54) is 18.2 Å². The number of carbonyl (C=O) groups excluding carboxylic acids is 1. The second kappa shape index (κ2) is 6.72. The largest absolute Gasteiger partial charge is 0.393 e. The predicted molar refractivity (Wildman–Crippen MR) is 74.0 cm³/mol. The van der Waals surface area contributed by atoms with Crippen LogP contribution in [0, 0.1) is 10.1 Å². The summed E-state index contributed by atoms with van der Waals surface area (Å²) in [4.78, 5) is 22.2. The highest BCUT2D eigenvalue weighted by molar-refractivity contribution is 6.01. The highest BCUT2D eigenvalue weighted by Crippen LogP contribution is 2.24. The second-order valence-corrected chi connectivity index (χ2v) is 4.51. The SMILES string of the molecule is CCCCC(C)NC(=O)c1cccc([N+](=O)[O-])c1N. The normalized spacial score (nSPS) is 11.9. The average molecular weight is 265 g/mol. The minimum atomic E-state index is -0.591. The van der Waals surface area contributed by atoms with Crippen LogP contribution in [0.4, 0.5) is 11.4 Å². The number of nitrogens with one attached hydrogen (secondary N) is 1. The Balaban J connectivity index is 2.83. The van der Waals surface area contributed by atoms with Crippen LogP contribution in [-0.4, -0.2) is 16.9 Å². The number of benzene rings is 1. The number of nitrogen functional groups attached to an aromatic ring is 1. The molecule has 1 rings (SSSR count). The van der Waals surface area contributed by atoms with Crippen LogP contribution >= 0.6 is 0 Å². The van der Waals surface area contributed by atoms with Gasteiger partial charge < -0.3 is 11.1 Å². The van der Waals surface area contributed by atoms with Crippen molar-refractivity contribution in [3.63, 3.8) is 0 Å². The van der Waals surface area contributed by atoms with E-state index in [-0.39, 0.29) is 28.9 Å². The Morgan fingerprint density at radius 1 is 1.53 bits per heavy atom. The van der Waals surface area contributed by atoms with Gasteiger partial charge in [-0.15, -0.1) is 0 Å². The number of para-hydroxylation sites is 1. The first-order valence-electron chi connectivity index (χ1n) is 6.31. The third kappa shape index (κ3) is 3.94. The lowest BCUT2D eigenvalue weighted by atomic mass is 10.1. The van der Waals surface area contributed by atoms with Gasteiger partial charge in [-0.3, -0.25) is 14.9 Å². The summed E-state index contributed by atoms with van der Waals surface area (Å²) in [6.45, 7) is 3.98. The molecule has 104 valence electrons. The molecule has 0 aromatic heterocycles. The number of nitro groups is 1. The molecular formula is C13H19N3O3. The van der Waals surface area contributed by atoms with Crippen LogP contribution in [0.25, 0.3) is 0 Å². The Hall–Kier alpha value is -2.11. The maximum atomic E-state index is 12.0. The molecular weight excluding hydrogens is 246 g/mol. The Kier molecular flexibility index (Phi) is 5.29. The van der Waals surface area contributed by atoms with Gasteiger partial charge in [0.05, 0.1) is 10.5 Å². The molecule has 6 nitrogen and oxygen atoms in total. The van der Waals surface area contributed by atoms with Gasteiger partial charge in [-0.1, -0.05) is 25.8 Å². The van der Waals surface area contributed by atoms with Gasteiger partial charge in [0.2, 0.25) is 0 Å². The van der Waals surface area contributed by atoms with E-state index < -0.39 is 4.92 Å². The van der Waals surface area contributed by atoms with E-state index >= 15 is 0 Å². The van der Waals surface area contributed by atoms with Gasteiger partial charge >= 0.3 is 0 Å². The van der Waals surface area contributed by atoms with E-state index in [0.717, 1.165) is 19.3 Å². The lowest BCUT2D eigenvalue weighted by molar-refractivity contribution is -0.383. The second-order valence-electron chi connectivity index (χ2n) is 4.51. The van der Waals surface area contributed by atoms with Crippen LogP contribution in [0.3, 0.4) is 0 Å². The van der Waals surface area contributed by atoms with E-state index in [1.807, 2.05) is 6.92 Å². The third-order valence-corrected chi connectivity index (χ3v) is 2.89. The maximum Gasteiger partial charge on any atom is 0.292 e. The molecule has 1 amide bonds. The molecule has 1 atom stereocenters. The quantitative estimate of drug-likeness (QED) is 0.469. The summed E-state index contributed by atoms with van der Waals surface area (Å²) >= 11 is 0. The van der Waals surface area contributed by atoms with Gasteiger partial charge in [-0.2, -0.15) is 0 Å². The molecule has 1 unspecified atom stereocenters. The summed E-state index contributed by atoms with van der Waals surface area (Å²) in [5.41, 5.74) is 5.48. The fraction of sp³-hybridized carbons (Fsp3) is 0.462. The molecule has 0 heterocycles. The number of anilines is 1. The van der Waals surface area contributed by atoms with E-state index in [9.17, 15) is 14.9 Å². The number of amides is 1. The molecule has 0 spiro atoms. The van der Waals surface area contributed by atoms with Crippen molar-refractivity contribution in [2.75, 3.05) is 5.73 Å². The lowest BCUT2D eigenvalue weighted by Gasteiger charge is -2.14. The maximum absolute atomic E-state index is 12.0. The van der Waals surface area contributed by atoms with Crippen molar-refractivity contribution in [1.82, 2.24) is 5.32 Å².